The molecule has 0 atom stereocenters. The molecule has 1 aromatic heterocycles. The van der Waals surface area contributed by atoms with E-state index in [9.17, 15) is 4.79 Å². The molecule has 0 bridgehead atoms. The molecule has 2 rings (SSSR count). The van der Waals surface area contributed by atoms with E-state index in [1.165, 1.54) is 6.20 Å². The highest BCUT2D eigenvalue weighted by molar-refractivity contribution is 6.30. The Labute approximate surface area is 141 Å². The van der Waals surface area contributed by atoms with Crippen LogP contribution in [0.25, 0.3) is 0 Å². The van der Waals surface area contributed by atoms with Crippen molar-refractivity contribution in [2.45, 2.75) is 20.3 Å². The molecule has 2 amide bonds. The molecule has 0 aliphatic rings. The van der Waals surface area contributed by atoms with Gasteiger partial charge in [-0.2, -0.15) is 0 Å². The summed E-state index contributed by atoms with van der Waals surface area (Å²) in [6.45, 7) is 5.09. The number of amides is 2. The number of aryl methyl sites for hydroxylation is 2. The van der Waals surface area contributed by atoms with Gasteiger partial charge in [0.15, 0.2) is 0 Å². The fourth-order valence-electron chi connectivity index (χ4n) is 2.11. The summed E-state index contributed by atoms with van der Waals surface area (Å²) in [6, 6.07) is 8.97. The summed E-state index contributed by atoms with van der Waals surface area (Å²) in [6.07, 6.45) is 2.25. The predicted molar refractivity (Wildman–Crippen MR) is 92.3 cm³/mol. The molecule has 0 saturated carbocycles. The Kier molecular flexibility index (Phi) is 6.23. The van der Waals surface area contributed by atoms with Crippen molar-refractivity contribution in [2.24, 2.45) is 0 Å². The molecule has 0 saturated heterocycles. The van der Waals surface area contributed by atoms with Crippen molar-refractivity contribution in [1.82, 2.24) is 10.3 Å². The van der Waals surface area contributed by atoms with E-state index in [-0.39, 0.29) is 6.03 Å². The molecular formula is C17H20ClN3O2. The van der Waals surface area contributed by atoms with Gasteiger partial charge < -0.3 is 10.1 Å². The molecule has 0 aliphatic heterocycles. The van der Waals surface area contributed by atoms with Gasteiger partial charge in [0.1, 0.15) is 11.6 Å². The van der Waals surface area contributed by atoms with E-state index >= 15 is 0 Å². The largest absolute Gasteiger partial charge is 0.493 e. The number of rotatable bonds is 6. The lowest BCUT2D eigenvalue weighted by molar-refractivity contribution is 0.250. The molecule has 0 aliphatic carbocycles. The minimum Gasteiger partial charge on any atom is -0.493 e. The average Bonchev–Trinajstić information content (AvgIpc) is 2.49. The Bertz CT molecular complexity index is 656. The molecule has 0 spiro atoms. The van der Waals surface area contributed by atoms with Crippen LogP contribution in [0.3, 0.4) is 0 Å². The van der Waals surface area contributed by atoms with Crippen molar-refractivity contribution in [3.8, 4) is 5.75 Å². The molecule has 0 radical (unpaired) electrons. The number of carbonyl (C=O) groups is 1. The van der Waals surface area contributed by atoms with Crippen LogP contribution in [0, 0.1) is 13.8 Å². The molecule has 1 heterocycles. The topological polar surface area (TPSA) is 63.2 Å². The van der Waals surface area contributed by atoms with Gasteiger partial charge in [-0.05, 0) is 43.5 Å². The molecule has 0 unspecified atom stereocenters. The second kappa shape index (κ2) is 8.39. The first-order chi connectivity index (χ1) is 11.1. The standard InChI is InChI=1S/C17H20ClN3O2/c1-12-5-3-6-13(2)16(12)23-10-4-8-20-17(22)21-15-11-14(18)7-9-19-15/h3,5-7,9,11H,4,8,10H2,1-2H3,(H2,19,20,21,22). The number of anilines is 1. The number of nitrogens with zero attached hydrogens (tertiary/aromatic N) is 1. The summed E-state index contributed by atoms with van der Waals surface area (Å²) in [7, 11) is 0. The molecule has 2 aromatic rings. The lowest BCUT2D eigenvalue weighted by atomic mass is 10.1. The Hall–Kier alpha value is -2.27. The summed E-state index contributed by atoms with van der Waals surface area (Å²) in [5.41, 5.74) is 2.23. The van der Waals surface area contributed by atoms with Gasteiger partial charge in [0, 0.05) is 17.8 Å². The number of hydrogen-bond donors (Lipinski definition) is 2. The lowest BCUT2D eigenvalue weighted by Gasteiger charge is -2.12. The highest BCUT2D eigenvalue weighted by atomic mass is 35.5. The fourth-order valence-corrected chi connectivity index (χ4v) is 2.27. The number of halogens is 1. The van der Waals surface area contributed by atoms with Gasteiger partial charge in [0.25, 0.3) is 0 Å². The van der Waals surface area contributed by atoms with Crippen LogP contribution in [-0.2, 0) is 0 Å². The van der Waals surface area contributed by atoms with Gasteiger partial charge in [0.2, 0.25) is 0 Å². The van der Waals surface area contributed by atoms with Gasteiger partial charge in [-0.1, -0.05) is 29.8 Å². The van der Waals surface area contributed by atoms with E-state index in [0.29, 0.717) is 30.4 Å². The second-order valence-electron chi connectivity index (χ2n) is 5.16. The van der Waals surface area contributed by atoms with Crippen LogP contribution < -0.4 is 15.4 Å². The molecule has 0 fully saturated rings. The number of nitrogens with one attached hydrogen (secondary N) is 2. The fraction of sp³-hybridized carbons (Fsp3) is 0.294. The number of hydrogen-bond acceptors (Lipinski definition) is 3. The third-order valence-corrected chi connectivity index (χ3v) is 3.46. The average molecular weight is 334 g/mol. The van der Waals surface area contributed by atoms with Crippen molar-refractivity contribution in [2.75, 3.05) is 18.5 Å². The van der Waals surface area contributed by atoms with Crippen LogP contribution in [0.15, 0.2) is 36.5 Å². The van der Waals surface area contributed by atoms with Gasteiger partial charge in [0.05, 0.1) is 6.61 Å². The van der Waals surface area contributed by atoms with E-state index in [1.807, 2.05) is 32.0 Å². The first-order valence-corrected chi connectivity index (χ1v) is 7.79. The highest BCUT2D eigenvalue weighted by Crippen LogP contribution is 2.22. The van der Waals surface area contributed by atoms with Gasteiger partial charge in [-0.3, -0.25) is 5.32 Å². The van der Waals surface area contributed by atoms with E-state index in [2.05, 4.69) is 15.6 Å². The van der Waals surface area contributed by atoms with Crippen LogP contribution in [0.4, 0.5) is 10.6 Å². The number of carbonyl (C=O) groups excluding carboxylic acids is 1. The summed E-state index contributed by atoms with van der Waals surface area (Å²) >= 11 is 5.83. The van der Waals surface area contributed by atoms with Crippen molar-refractivity contribution in [1.29, 1.82) is 0 Å². The van der Waals surface area contributed by atoms with Gasteiger partial charge in [-0.15, -0.1) is 0 Å². The van der Waals surface area contributed by atoms with Crippen LogP contribution >= 0.6 is 11.6 Å². The van der Waals surface area contributed by atoms with E-state index in [1.54, 1.807) is 12.1 Å². The minimum absolute atomic E-state index is 0.313. The Morgan fingerprint density at radius 2 is 2.00 bits per heavy atom. The third-order valence-electron chi connectivity index (χ3n) is 3.23. The predicted octanol–water partition coefficient (Wildman–Crippen LogP) is 3.94. The van der Waals surface area contributed by atoms with E-state index in [4.69, 9.17) is 16.3 Å². The molecule has 5 nitrogen and oxygen atoms in total. The maximum absolute atomic E-state index is 11.7. The maximum atomic E-state index is 11.7. The Morgan fingerprint density at radius 1 is 1.26 bits per heavy atom. The molecule has 1 aromatic carbocycles. The number of aromatic nitrogens is 1. The number of benzene rings is 1. The first kappa shape index (κ1) is 17.1. The van der Waals surface area contributed by atoms with E-state index in [0.717, 1.165) is 16.9 Å². The molecule has 122 valence electrons. The van der Waals surface area contributed by atoms with Crippen molar-refractivity contribution in [3.05, 3.63) is 52.7 Å². The van der Waals surface area contributed by atoms with Crippen LogP contribution in [-0.4, -0.2) is 24.2 Å². The lowest BCUT2D eigenvalue weighted by Crippen LogP contribution is -2.30. The maximum Gasteiger partial charge on any atom is 0.320 e. The van der Waals surface area contributed by atoms with Gasteiger partial charge >= 0.3 is 6.03 Å². The normalized spacial score (nSPS) is 10.2. The monoisotopic (exact) mass is 333 g/mol. The summed E-state index contributed by atoms with van der Waals surface area (Å²) in [4.78, 5) is 15.7. The number of urea groups is 1. The minimum atomic E-state index is -0.313. The highest BCUT2D eigenvalue weighted by Gasteiger charge is 2.04. The zero-order chi connectivity index (χ0) is 16.7. The Morgan fingerprint density at radius 3 is 2.70 bits per heavy atom. The number of pyridine rings is 1. The number of para-hydroxylation sites is 1. The summed E-state index contributed by atoms with van der Waals surface area (Å²) in [5.74, 6) is 1.34. The third kappa shape index (κ3) is 5.45. The summed E-state index contributed by atoms with van der Waals surface area (Å²) < 4.78 is 5.78. The second-order valence-corrected chi connectivity index (χ2v) is 5.60. The van der Waals surface area contributed by atoms with Crippen LogP contribution in [0.2, 0.25) is 5.02 Å². The van der Waals surface area contributed by atoms with Gasteiger partial charge in [-0.25, -0.2) is 9.78 Å². The van der Waals surface area contributed by atoms with Crippen LogP contribution in [0.1, 0.15) is 17.5 Å². The Balaban J connectivity index is 1.68. The van der Waals surface area contributed by atoms with Crippen molar-refractivity contribution < 1.29 is 9.53 Å². The van der Waals surface area contributed by atoms with Crippen LogP contribution in [0.5, 0.6) is 5.75 Å². The first-order valence-electron chi connectivity index (χ1n) is 7.41. The molecule has 23 heavy (non-hydrogen) atoms. The quantitative estimate of drug-likeness (QED) is 0.787. The molecule has 6 heteroatoms. The zero-order valence-electron chi connectivity index (χ0n) is 13.2. The smallest absolute Gasteiger partial charge is 0.320 e. The summed E-state index contributed by atoms with van der Waals surface area (Å²) in [5, 5.41) is 5.90. The van der Waals surface area contributed by atoms with Crippen molar-refractivity contribution in [3.63, 3.8) is 0 Å². The molecular weight excluding hydrogens is 314 g/mol. The number of ether oxygens (including phenoxy) is 1. The van der Waals surface area contributed by atoms with Crippen molar-refractivity contribution >= 4 is 23.4 Å². The SMILES string of the molecule is Cc1cccc(C)c1OCCCNC(=O)Nc1cc(Cl)ccn1. The van der Waals surface area contributed by atoms with E-state index < -0.39 is 0 Å². The zero-order valence-corrected chi connectivity index (χ0v) is 14.0. The molecule has 2 N–H and O–H groups in total.